The third kappa shape index (κ3) is 3.21. The summed E-state index contributed by atoms with van der Waals surface area (Å²) in [5.74, 6) is 1.64. The molecule has 1 N–H and O–H groups in total. The molecule has 3 aromatic rings. The van der Waals surface area contributed by atoms with E-state index in [1.54, 1.807) is 18.4 Å². The smallest absolute Gasteiger partial charge is 0.265 e. The zero-order chi connectivity index (χ0) is 17.1. The maximum absolute atomic E-state index is 12.7. The molecule has 0 saturated carbocycles. The van der Waals surface area contributed by atoms with E-state index in [9.17, 15) is 4.79 Å². The Balaban J connectivity index is 1.54. The van der Waals surface area contributed by atoms with Crippen LogP contribution in [0.25, 0.3) is 0 Å². The predicted molar refractivity (Wildman–Crippen MR) is 91.5 cm³/mol. The van der Waals surface area contributed by atoms with E-state index in [0.29, 0.717) is 17.3 Å². The van der Waals surface area contributed by atoms with E-state index in [0.717, 1.165) is 5.56 Å². The Kier molecular flexibility index (Phi) is 4.12. The van der Waals surface area contributed by atoms with Crippen molar-refractivity contribution in [1.82, 2.24) is 5.32 Å². The second kappa shape index (κ2) is 6.73. The number of amides is 1. The summed E-state index contributed by atoms with van der Waals surface area (Å²) in [6, 6.07) is 20.2. The summed E-state index contributed by atoms with van der Waals surface area (Å²) in [5.41, 5.74) is 0.933. The van der Waals surface area contributed by atoms with Gasteiger partial charge in [-0.1, -0.05) is 42.5 Å². The van der Waals surface area contributed by atoms with Crippen molar-refractivity contribution in [2.75, 3.05) is 6.61 Å². The van der Waals surface area contributed by atoms with Crippen molar-refractivity contribution in [3.05, 3.63) is 84.3 Å². The Morgan fingerprint density at radius 1 is 0.960 bits per heavy atom. The minimum atomic E-state index is -0.712. The molecular weight excluding hydrogens is 318 g/mol. The number of rotatable bonds is 4. The maximum Gasteiger partial charge on any atom is 0.265 e. The van der Waals surface area contributed by atoms with Crippen LogP contribution in [0.5, 0.6) is 11.5 Å². The number of benzene rings is 2. The van der Waals surface area contributed by atoms with Gasteiger partial charge in [-0.15, -0.1) is 0 Å². The standard InChI is InChI=1S/C20H17NO4/c22-20(18-13-24-15-9-4-5-10-16(15)25-18)21-19(17-11-6-12-23-17)14-7-2-1-3-8-14/h1-12,18-19H,13H2,(H,21,22)/t18-,19-/m1/s1. The first kappa shape index (κ1) is 15.3. The molecule has 5 nitrogen and oxygen atoms in total. The van der Waals surface area contributed by atoms with Crippen LogP contribution in [0.4, 0.5) is 0 Å². The molecule has 0 unspecified atom stereocenters. The van der Waals surface area contributed by atoms with Crippen molar-refractivity contribution in [1.29, 1.82) is 0 Å². The van der Waals surface area contributed by atoms with Gasteiger partial charge in [0.25, 0.3) is 5.91 Å². The molecule has 0 aliphatic carbocycles. The van der Waals surface area contributed by atoms with Crippen LogP contribution in [-0.2, 0) is 4.79 Å². The normalized spacial score (nSPS) is 16.9. The molecule has 5 heteroatoms. The number of ether oxygens (including phenoxy) is 2. The number of furan rings is 1. The van der Waals surface area contributed by atoms with Crippen LogP contribution in [0, 0.1) is 0 Å². The Morgan fingerprint density at radius 3 is 2.48 bits per heavy atom. The van der Waals surface area contributed by atoms with Crippen LogP contribution in [0.2, 0.25) is 0 Å². The second-order valence-electron chi connectivity index (χ2n) is 5.73. The van der Waals surface area contributed by atoms with Gasteiger partial charge in [-0.3, -0.25) is 4.79 Å². The van der Waals surface area contributed by atoms with E-state index in [-0.39, 0.29) is 18.6 Å². The van der Waals surface area contributed by atoms with Crippen molar-refractivity contribution in [3.8, 4) is 11.5 Å². The molecule has 25 heavy (non-hydrogen) atoms. The summed E-state index contributed by atoms with van der Waals surface area (Å²) in [5, 5.41) is 3.00. The van der Waals surface area contributed by atoms with Gasteiger partial charge in [0.15, 0.2) is 11.5 Å². The maximum atomic E-state index is 12.7. The van der Waals surface area contributed by atoms with Gasteiger partial charge in [-0.25, -0.2) is 0 Å². The van der Waals surface area contributed by atoms with Crippen LogP contribution < -0.4 is 14.8 Å². The lowest BCUT2D eigenvalue weighted by Crippen LogP contribution is -2.45. The number of carbonyl (C=O) groups excluding carboxylic acids is 1. The second-order valence-corrected chi connectivity index (χ2v) is 5.73. The lowest BCUT2D eigenvalue weighted by Gasteiger charge is -2.27. The minimum absolute atomic E-state index is 0.169. The average molecular weight is 335 g/mol. The molecule has 4 rings (SSSR count). The predicted octanol–water partition coefficient (Wildman–Crippen LogP) is 3.33. The number of hydrogen-bond acceptors (Lipinski definition) is 4. The molecule has 0 bridgehead atoms. The quantitative estimate of drug-likeness (QED) is 0.794. The first-order valence-corrected chi connectivity index (χ1v) is 8.08. The van der Waals surface area contributed by atoms with Gasteiger partial charge in [0.05, 0.1) is 6.26 Å². The largest absolute Gasteiger partial charge is 0.485 e. The number of nitrogens with one attached hydrogen (secondary N) is 1. The van der Waals surface area contributed by atoms with E-state index in [1.807, 2.05) is 54.6 Å². The summed E-state index contributed by atoms with van der Waals surface area (Å²) >= 11 is 0. The third-order valence-corrected chi connectivity index (χ3v) is 4.05. The van der Waals surface area contributed by atoms with Gasteiger partial charge in [0, 0.05) is 0 Å². The van der Waals surface area contributed by atoms with Crippen molar-refractivity contribution >= 4 is 5.91 Å². The molecule has 2 aromatic carbocycles. The van der Waals surface area contributed by atoms with Gasteiger partial charge in [-0.05, 0) is 29.8 Å². The van der Waals surface area contributed by atoms with Gasteiger partial charge >= 0.3 is 0 Å². The first-order chi connectivity index (χ1) is 12.3. The SMILES string of the molecule is O=C(N[C@H](c1ccccc1)c1ccco1)[C@H]1COc2ccccc2O1. The molecule has 2 atom stereocenters. The summed E-state index contributed by atoms with van der Waals surface area (Å²) in [6.07, 6.45) is 0.879. The summed E-state index contributed by atoms with van der Waals surface area (Å²) < 4.78 is 16.9. The first-order valence-electron chi connectivity index (χ1n) is 8.08. The number of para-hydroxylation sites is 2. The monoisotopic (exact) mass is 335 g/mol. The molecule has 1 aromatic heterocycles. The molecule has 2 heterocycles. The highest BCUT2D eigenvalue weighted by atomic mass is 16.6. The molecule has 0 saturated heterocycles. The highest BCUT2D eigenvalue weighted by Gasteiger charge is 2.30. The average Bonchev–Trinajstić information content (AvgIpc) is 3.20. The van der Waals surface area contributed by atoms with Gasteiger partial charge < -0.3 is 19.2 Å². The zero-order valence-corrected chi connectivity index (χ0v) is 13.4. The minimum Gasteiger partial charge on any atom is -0.485 e. The van der Waals surface area contributed by atoms with Crippen molar-refractivity contribution in [2.24, 2.45) is 0 Å². The topological polar surface area (TPSA) is 60.7 Å². The Hall–Kier alpha value is -3.21. The molecule has 1 aliphatic rings. The number of hydrogen-bond donors (Lipinski definition) is 1. The molecule has 1 aliphatic heterocycles. The lowest BCUT2D eigenvalue weighted by atomic mass is 10.0. The highest BCUT2D eigenvalue weighted by molar-refractivity contribution is 5.82. The molecule has 0 fully saturated rings. The zero-order valence-electron chi connectivity index (χ0n) is 13.4. The lowest BCUT2D eigenvalue weighted by molar-refractivity contribution is -0.131. The van der Waals surface area contributed by atoms with E-state index in [4.69, 9.17) is 13.9 Å². The van der Waals surface area contributed by atoms with Gasteiger partial charge in [0.2, 0.25) is 6.10 Å². The Bertz CT molecular complexity index is 845. The van der Waals surface area contributed by atoms with Crippen LogP contribution >= 0.6 is 0 Å². The Morgan fingerprint density at radius 2 is 1.72 bits per heavy atom. The fourth-order valence-corrected chi connectivity index (χ4v) is 2.80. The third-order valence-electron chi connectivity index (χ3n) is 4.05. The molecule has 126 valence electrons. The van der Waals surface area contributed by atoms with Gasteiger partial charge in [0.1, 0.15) is 18.4 Å². The van der Waals surface area contributed by atoms with Crippen LogP contribution in [0.3, 0.4) is 0 Å². The summed E-state index contributed by atoms with van der Waals surface area (Å²) in [7, 11) is 0. The molecular formula is C20H17NO4. The number of carbonyl (C=O) groups is 1. The Labute approximate surface area is 145 Å². The number of fused-ring (bicyclic) bond motifs is 1. The van der Waals surface area contributed by atoms with E-state index in [2.05, 4.69) is 5.32 Å². The van der Waals surface area contributed by atoms with Crippen molar-refractivity contribution < 1.29 is 18.7 Å². The molecule has 0 spiro atoms. The summed E-state index contributed by atoms with van der Waals surface area (Å²) in [4.78, 5) is 12.7. The van der Waals surface area contributed by atoms with Crippen molar-refractivity contribution in [2.45, 2.75) is 12.1 Å². The van der Waals surface area contributed by atoms with Crippen LogP contribution in [0.15, 0.2) is 77.4 Å². The van der Waals surface area contributed by atoms with Crippen molar-refractivity contribution in [3.63, 3.8) is 0 Å². The van der Waals surface area contributed by atoms with E-state index < -0.39 is 6.10 Å². The van der Waals surface area contributed by atoms with E-state index in [1.165, 1.54) is 0 Å². The molecule has 1 amide bonds. The van der Waals surface area contributed by atoms with E-state index >= 15 is 0 Å². The van der Waals surface area contributed by atoms with Gasteiger partial charge in [-0.2, -0.15) is 0 Å². The van der Waals surface area contributed by atoms with Crippen LogP contribution in [-0.4, -0.2) is 18.6 Å². The summed E-state index contributed by atoms with van der Waals surface area (Å²) in [6.45, 7) is 0.169. The highest BCUT2D eigenvalue weighted by Crippen LogP contribution is 2.31. The fraction of sp³-hybridized carbons (Fsp3) is 0.150. The van der Waals surface area contributed by atoms with Crippen LogP contribution in [0.1, 0.15) is 17.4 Å². The molecule has 0 radical (unpaired) electrons. The fourth-order valence-electron chi connectivity index (χ4n) is 2.80.